The van der Waals surface area contributed by atoms with Crippen molar-refractivity contribution in [3.63, 3.8) is 0 Å². The van der Waals surface area contributed by atoms with Gasteiger partial charge >= 0.3 is 0 Å². The Hall–Kier alpha value is -2.31. The molecular weight excluding hydrogens is 406 g/mol. The smallest absolute Gasteiger partial charge is 0.262 e. The molecule has 0 saturated carbocycles. The van der Waals surface area contributed by atoms with E-state index in [4.69, 9.17) is 11.6 Å². The van der Waals surface area contributed by atoms with E-state index in [1.165, 1.54) is 17.3 Å². The van der Waals surface area contributed by atoms with Gasteiger partial charge < -0.3 is 5.32 Å². The molecule has 1 amide bonds. The number of hydrogen-bond donors (Lipinski definition) is 1. The number of rotatable bonds is 8. The highest BCUT2D eigenvalue weighted by molar-refractivity contribution is 8.00. The molecule has 29 heavy (non-hydrogen) atoms. The maximum atomic E-state index is 12.9. The molecule has 7 heteroatoms. The van der Waals surface area contributed by atoms with Crippen LogP contribution in [0.3, 0.4) is 0 Å². The second-order valence-electron chi connectivity index (χ2n) is 6.80. The number of thioether (sulfide) groups is 1. The number of benzene rings is 2. The zero-order valence-corrected chi connectivity index (χ0v) is 18.1. The van der Waals surface area contributed by atoms with E-state index in [0.717, 1.165) is 12.8 Å². The lowest BCUT2D eigenvalue weighted by Crippen LogP contribution is -2.33. The molecule has 0 aliphatic heterocycles. The van der Waals surface area contributed by atoms with Crippen molar-refractivity contribution in [3.8, 4) is 0 Å². The van der Waals surface area contributed by atoms with Crippen molar-refractivity contribution in [2.75, 3.05) is 6.54 Å². The molecule has 1 N–H and O–H groups in total. The van der Waals surface area contributed by atoms with Crippen LogP contribution in [0.1, 0.15) is 25.8 Å². The summed E-state index contributed by atoms with van der Waals surface area (Å²) in [5, 5.41) is 4.19. The molecule has 0 radical (unpaired) electrons. The van der Waals surface area contributed by atoms with Crippen molar-refractivity contribution < 1.29 is 4.79 Å². The zero-order valence-electron chi connectivity index (χ0n) is 16.5. The van der Waals surface area contributed by atoms with Gasteiger partial charge in [-0.15, -0.1) is 0 Å². The lowest BCUT2D eigenvalue weighted by atomic mass is 10.1. The molecule has 3 rings (SSSR count). The van der Waals surface area contributed by atoms with Crippen LogP contribution in [-0.2, 0) is 17.8 Å². The minimum absolute atomic E-state index is 0.0746. The fraction of sp³-hybridized carbons (Fsp3) is 0.318. The Morgan fingerprint density at radius 1 is 1.24 bits per heavy atom. The first-order chi connectivity index (χ1) is 14.0. The fourth-order valence-electron chi connectivity index (χ4n) is 3.01. The number of nitrogens with zero attached hydrogens (tertiary/aromatic N) is 2. The molecule has 1 unspecified atom stereocenters. The van der Waals surface area contributed by atoms with E-state index in [1.807, 2.05) is 44.2 Å². The standard InChI is InChI=1S/C22H24ClN3O2S/c1-3-13-26-21(28)18-10-9-17(23)14-19(18)25-22(26)29-15(2)20(27)24-12-11-16-7-5-4-6-8-16/h4-10,14-15H,3,11-13H2,1-2H3,(H,24,27). The molecule has 0 saturated heterocycles. The molecule has 1 aromatic heterocycles. The van der Waals surface area contributed by atoms with Crippen LogP contribution < -0.4 is 10.9 Å². The van der Waals surface area contributed by atoms with Gasteiger partial charge in [0.2, 0.25) is 5.91 Å². The van der Waals surface area contributed by atoms with Crippen LogP contribution in [0.2, 0.25) is 5.02 Å². The molecule has 0 fully saturated rings. The third-order valence-electron chi connectivity index (χ3n) is 4.54. The molecule has 0 bridgehead atoms. The van der Waals surface area contributed by atoms with Crippen LogP contribution in [0.5, 0.6) is 0 Å². The highest BCUT2D eigenvalue weighted by atomic mass is 35.5. The van der Waals surface area contributed by atoms with Gasteiger partial charge in [-0.2, -0.15) is 0 Å². The molecular formula is C22H24ClN3O2S. The summed E-state index contributed by atoms with van der Waals surface area (Å²) in [4.78, 5) is 30.1. The van der Waals surface area contributed by atoms with Gasteiger partial charge in [-0.25, -0.2) is 4.98 Å². The average molecular weight is 430 g/mol. The largest absolute Gasteiger partial charge is 0.355 e. The van der Waals surface area contributed by atoms with E-state index < -0.39 is 0 Å². The van der Waals surface area contributed by atoms with E-state index in [9.17, 15) is 9.59 Å². The summed E-state index contributed by atoms with van der Waals surface area (Å²) >= 11 is 7.36. The first-order valence-electron chi connectivity index (χ1n) is 9.68. The van der Waals surface area contributed by atoms with Gasteiger partial charge in [-0.1, -0.05) is 60.6 Å². The molecule has 0 spiro atoms. The van der Waals surface area contributed by atoms with Gasteiger partial charge in [0.1, 0.15) is 0 Å². The number of carbonyl (C=O) groups excluding carboxylic acids is 1. The summed E-state index contributed by atoms with van der Waals surface area (Å²) in [5.74, 6) is -0.0746. The van der Waals surface area contributed by atoms with Gasteiger partial charge in [-0.3, -0.25) is 14.2 Å². The summed E-state index contributed by atoms with van der Waals surface area (Å²) in [5.41, 5.74) is 1.62. The van der Waals surface area contributed by atoms with Gasteiger partial charge in [0, 0.05) is 18.1 Å². The Labute approximate surface area is 179 Å². The number of hydrogen-bond acceptors (Lipinski definition) is 4. The van der Waals surface area contributed by atoms with Crippen LogP contribution in [0.15, 0.2) is 58.5 Å². The quantitative estimate of drug-likeness (QED) is 0.428. The van der Waals surface area contributed by atoms with Crippen molar-refractivity contribution >= 4 is 40.2 Å². The number of fused-ring (bicyclic) bond motifs is 1. The van der Waals surface area contributed by atoms with Crippen molar-refractivity contribution in [2.24, 2.45) is 0 Å². The first-order valence-corrected chi connectivity index (χ1v) is 10.9. The third kappa shape index (κ3) is 5.40. The topological polar surface area (TPSA) is 64.0 Å². The van der Waals surface area contributed by atoms with E-state index in [1.54, 1.807) is 22.8 Å². The zero-order chi connectivity index (χ0) is 20.8. The number of nitrogens with one attached hydrogen (secondary N) is 1. The summed E-state index contributed by atoms with van der Waals surface area (Å²) in [7, 11) is 0. The van der Waals surface area contributed by atoms with E-state index >= 15 is 0 Å². The van der Waals surface area contributed by atoms with Gasteiger partial charge in [0.15, 0.2) is 5.16 Å². The predicted octanol–water partition coefficient (Wildman–Crippen LogP) is 4.30. The molecule has 152 valence electrons. The summed E-state index contributed by atoms with van der Waals surface area (Å²) in [6.45, 7) is 4.95. The maximum Gasteiger partial charge on any atom is 0.262 e. The molecule has 5 nitrogen and oxygen atoms in total. The van der Waals surface area contributed by atoms with Gasteiger partial charge in [-0.05, 0) is 43.5 Å². The minimum Gasteiger partial charge on any atom is -0.355 e. The normalized spacial score (nSPS) is 12.1. The monoisotopic (exact) mass is 429 g/mol. The van der Waals surface area contributed by atoms with E-state index in [2.05, 4.69) is 10.3 Å². The molecule has 1 atom stereocenters. The van der Waals surface area contributed by atoms with Gasteiger partial charge in [0.05, 0.1) is 16.2 Å². The Kier molecular flexibility index (Phi) is 7.34. The SMILES string of the molecule is CCCn1c(SC(C)C(=O)NCCc2ccccc2)nc2cc(Cl)ccc2c1=O. The average Bonchev–Trinajstić information content (AvgIpc) is 2.71. The molecule has 0 aliphatic rings. The van der Waals surface area contributed by atoms with Crippen molar-refractivity contribution in [1.82, 2.24) is 14.9 Å². The van der Waals surface area contributed by atoms with E-state index in [-0.39, 0.29) is 16.7 Å². The maximum absolute atomic E-state index is 12.9. The predicted molar refractivity (Wildman–Crippen MR) is 120 cm³/mol. The van der Waals surface area contributed by atoms with Crippen molar-refractivity contribution in [3.05, 3.63) is 69.5 Å². The molecule has 3 aromatic rings. The number of aromatic nitrogens is 2. The number of carbonyl (C=O) groups is 1. The Morgan fingerprint density at radius 2 is 2.00 bits per heavy atom. The second kappa shape index (κ2) is 9.94. The van der Waals surface area contributed by atoms with Crippen molar-refractivity contribution in [2.45, 2.75) is 43.6 Å². The second-order valence-corrected chi connectivity index (χ2v) is 8.54. The van der Waals surface area contributed by atoms with E-state index in [0.29, 0.717) is 34.2 Å². The third-order valence-corrected chi connectivity index (χ3v) is 5.86. The van der Waals surface area contributed by atoms with Gasteiger partial charge in [0.25, 0.3) is 5.56 Å². The lowest BCUT2D eigenvalue weighted by molar-refractivity contribution is -0.120. The summed E-state index contributed by atoms with van der Waals surface area (Å²) in [6.07, 6.45) is 1.57. The van der Waals surface area contributed by atoms with Crippen molar-refractivity contribution in [1.29, 1.82) is 0 Å². The number of amides is 1. The Morgan fingerprint density at radius 3 is 2.72 bits per heavy atom. The molecule has 2 aromatic carbocycles. The molecule has 1 heterocycles. The summed E-state index contributed by atoms with van der Waals surface area (Å²) in [6, 6.07) is 15.1. The highest BCUT2D eigenvalue weighted by Gasteiger charge is 2.19. The Balaban J connectivity index is 1.74. The van der Waals surface area contributed by atoms with Crippen LogP contribution in [0.4, 0.5) is 0 Å². The fourth-order valence-corrected chi connectivity index (χ4v) is 4.14. The highest BCUT2D eigenvalue weighted by Crippen LogP contribution is 2.24. The summed E-state index contributed by atoms with van der Waals surface area (Å²) < 4.78 is 1.65. The Bertz CT molecular complexity index is 1050. The van der Waals surface area contributed by atoms with Crippen LogP contribution in [0, 0.1) is 0 Å². The van der Waals surface area contributed by atoms with Crippen LogP contribution in [-0.4, -0.2) is 27.3 Å². The van der Waals surface area contributed by atoms with Crippen LogP contribution in [0.25, 0.3) is 10.9 Å². The first kappa shape index (κ1) is 21.4. The van der Waals surface area contributed by atoms with Crippen LogP contribution >= 0.6 is 23.4 Å². The lowest BCUT2D eigenvalue weighted by Gasteiger charge is -2.16. The number of halogens is 1. The minimum atomic E-state index is -0.377. The molecule has 0 aliphatic carbocycles.